The lowest BCUT2D eigenvalue weighted by molar-refractivity contribution is 0.414. The standard InChI is InChI=1S/C24H22FN3OS/c1-29-19-12-6-16(7-13-19)21(22-15-26-23-5-3-2-4-20(22)23)14-27-24(30)28-18-10-8-17(25)9-11-18/h2-13,15,21,26H,14H2,1H3,(H2,27,28,30)/t21-/m0/s1. The van der Waals surface area contributed by atoms with Gasteiger partial charge in [-0.2, -0.15) is 0 Å². The first-order valence-corrected chi connectivity index (χ1v) is 10.1. The van der Waals surface area contributed by atoms with Crippen LogP contribution >= 0.6 is 12.2 Å². The second kappa shape index (κ2) is 8.97. The molecule has 0 saturated heterocycles. The maximum absolute atomic E-state index is 13.1. The van der Waals surface area contributed by atoms with Crippen LogP contribution in [0.4, 0.5) is 10.1 Å². The quantitative estimate of drug-likeness (QED) is 0.365. The molecule has 1 aromatic heterocycles. The number of methoxy groups -OCH3 is 1. The summed E-state index contributed by atoms with van der Waals surface area (Å²) in [5, 5.41) is 8.07. The van der Waals surface area contributed by atoms with Crippen molar-refractivity contribution in [2.45, 2.75) is 5.92 Å². The predicted molar refractivity (Wildman–Crippen MR) is 124 cm³/mol. The minimum atomic E-state index is -0.279. The number of H-pyrrole nitrogens is 1. The number of thiocarbonyl (C=S) groups is 1. The molecule has 3 N–H and O–H groups in total. The third kappa shape index (κ3) is 4.44. The number of para-hydroxylation sites is 1. The van der Waals surface area contributed by atoms with E-state index in [0.29, 0.717) is 11.7 Å². The first-order valence-electron chi connectivity index (χ1n) is 9.64. The highest BCUT2D eigenvalue weighted by atomic mass is 32.1. The maximum Gasteiger partial charge on any atom is 0.170 e. The van der Waals surface area contributed by atoms with Gasteiger partial charge in [0.2, 0.25) is 0 Å². The molecule has 0 aliphatic rings. The van der Waals surface area contributed by atoms with Crippen molar-refractivity contribution >= 4 is 33.9 Å². The second-order valence-electron chi connectivity index (χ2n) is 6.96. The van der Waals surface area contributed by atoms with Crippen LogP contribution in [0.2, 0.25) is 0 Å². The van der Waals surface area contributed by atoms with Crippen molar-refractivity contribution in [1.29, 1.82) is 0 Å². The number of benzene rings is 3. The van der Waals surface area contributed by atoms with Crippen LogP contribution in [-0.2, 0) is 0 Å². The van der Waals surface area contributed by atoms with Gasteiger partial charge < -0.3 is 20.4 Å². The van der Waals surface area contributed by atoms with Crippen LogP contribution in [0.1, 0.15) is 17.0 Å². The van der Waals surface area contributed by atoms with E-state index in [-0.39, 0.29) is 11.7 Å². The van der Waals surface area contributed by atoms with Crippen LogP contribution in [0.5, 0.6) is 5.75 Å². The molecule has 4 rings (SSSR count). The van der Waals surface area contributed by atoms with Crippen molar-refractivity contribution in [3.05, 3.63) is 95.9 Å². The van der Waals surface area contributed by atoms with Crippen LogP contribution in [0.25, 0.3) is 10.9 Å². The largest absolute Gasteiger partial charge is 0.497 e. The molecule has 3 aromatic carbocycles. The number of nitrogens with one attached hydrogen (secondary N) is 3. The van der Waals surface area contributed by atoms with Gasteiger partial charge >= 0.3 is 0 Å². The van der Waals surface area contributed by atoms with Crippen molar-refractivity contribution in [2.75, 3.05) is 19.0 Å². The van der Waals surface area contributed by atoms with Crippen molar-refractivity contribution in [3.63, 3.8) is 0 Å². The third-order valence-electron chi connectivity index (χ3n) is 5.08. The number of hydrogen-bond donors (Lipinski definition) is 3. The number of aromatic nitrogens is 1. The molecule has 0 aliphatic carbocycles. The van der Waals surface area contributed by atoms with E-state index in [1.165, 1.54) is 23.1 Å². The van der Waals surface area contributed by atoms with E-state index in [9.17, 15) is 4.39 Å². The van der Waals surface area contributed by atoms with E-state index in [0.717, 1.165) is 22.5 Å². The van der Waals surface area contributed by atoms with E-state index >= 15 is 0 Å². The molecule has 0 fully saturated rings. The normalized spacial score (nSPS) is 11.8. The second-order valence-corrected chi connectivity index (χ2v) is 7.37. The van der Waals surface area contributed by atoms with E-state index in [4.69, 9.17) is 17.0 Å². The highest BCUT2D eigenvalue weighted by Crippen LogP contribution is 2.31. The summed E-state index contributed by atoms with van der Waals surface area (Å²) < 4.78 is 18.4. The van der Waals surface area contributed by atoms with E-state index in [1.54, 1.807) is 19.2 Å². The molecule has 0 spiro atoms. The molecule has 1 atom stereocenters. The lowest BCUT2D eigenvalue weighted by atomic mass is 9.91. The van der Waals surface area contributed by atoms with E-state index in [2.05, 4.69) is 46.1 Å². The number of fused-ring (bicyclic) bond motifs is 1. The molecule has 0 radical (unpaired) electrons. The topological polar surface area (TPSA) is 49.1 Å². The van der Waals surface area contributed by atoms with Gasteiger partial charge in [0.1, 0.15) is 11.6 Å². The highest BCUT2D eigenvalue weighted by Gasteiger charge is 2.18. The van der Waals surface area contributed by atoms with Gasteiger partial charge in [-0.3, -0.25) is 0 Å². The predicted octanol–water partition coefficient (Wildman–Crippen LogP) is 5.43. The number of anilines is 1. The average molecular weight is 420 g/mol. The van der Waals surface area contributed by atoms with Crippen molar-refractivity contribution < 1.29 is 9.13 Å². The number of halogens is 1. The number of aromatic amines is 1. The molecule has 1 heterocycles. The van der Waals surface area contributed by atoms with E-state index in [1.807, 2.05) is 24.3 Å². The van der Waals surface area contributed by atoms with Gasteiger partial charge in [-0.05, 0) is 65.8 Å². The first kappa shape index (κ1) is 19.9. The molecule has 6 heteroatoms. The summed E-state index contributed by atoms with van der Waals surface area (Å²) >= 11 is 5.46. The van der Waals surface area contributed by atoms with Crippen molar-refractivity contribution in [3.8, 4) is 5.75 Å². The fourth-order valence-electron chi connectivity index (χ4n) is 3.53. The minimum absolute atomic E-state index is 0.0695. The Balaban J connectivity index is 1.57. The molecule has 30 heavy (non-hydrogen) atoms. The number of ether oxygens (including phenoxy) is 1. The summed E-state index contributed by atoms with van der Waals surface area (Å²) in [6.45, 7) is 0.598. The zero-order valence-corrected chi connectivity index (χ0v) is 17.3. The van der Waals surface area contributed by atoms with E-state index < -0.39 is 0 Å². The van der Waals surface area contributed by atoms with Crippen molar-refractivity contribution in [2.24, 2.45) is 0 Å². The van der Waals surface area contributed by atoms with Gasteiger partial charge in [0, 0.05) is 35.2 Å². The minimum Gasteiger partial charge on any atom is -0.497 e. The summed E-state index contributed by atoms with van der Waals surface area (Å²) in [4.78, 5) is 3.36. The zero-order chi connectivity index (χ0) is 20.9. The molecule has 0 bridgehead atoms. The summed E-state index contributed by atoms with van der Waals surface area (Å²) in [5.41, 5.74) is 4.17. The van der Waals surface area contributed by atoms with Crippen LogP contribution in [-0.4, -0.2) is 23.8 Å². The van der Waals surface area contributed by atoms with Gasteiger partial charge in [-0.1, -0.05) is 30.3 Å². The first-order chi connectivity index (χ1) is 14.6. The van der Waals surface area contributed by atoms with Crippen LogP contribution in [0.15, 0.2) is 79.0 Å². The lowest BCUT2D eigenvalue weighted by Crippen LogP contribution is -2.32. The van der Waals surface area contributed by atoms with Crippen LogP contribution in [0, 0.1) is 5.82 Å². The summed E-state index contributed by atoms with van der Waals surface area (Å²) in [6.07, 6.45) is 2.05. The molecule has 4 aromatic rings. The zero-order valence-electron chi connectivity index (χ0n) is 16.5. The molecule has 0 amide bonds. The Morgan fingerprint density at radius 2 is 1.77 bits per heavy atom. The Kier molecular flexibility index (Phi) is 5.95. The van der Waals surface area contributed by atoms with Gasteiger partial charge in [-0.15, -0.1) is 0 Å². The monoisotopic (exact) mass is 419 g/mol. The number of hydrogen-bond acceptors (Lipinski definition) is 2. The molecular weight excluding hydrogens is 397 g/mol. The fraction of sp³-hybridized carbons (Fsp3) is 0.125. The Morgan fingerprint density at radius 1 is 1.03 bits per heavy atom. The van der Waals surface area contributed by atoms with Gasteiger partial charge in [0.15, 0.2) is 5.11 Å². The Bertz CT molecular complexity index is 1140. The summed E-state index contributed by atoms with van der Waals surface area (Å²) in [7, 11) is 1.66. The lowest BCUT2D eigenvalue weighted by Gasteiger charge is -2.20. The fourth-order valence-corrected chi connectivity index (χ4v) is 3.73. The highest BCUT2D eigenvalue weighted by molar-refractivity contribution is 7.80. The SMILES string of the molecule is COc1ccc([C@H](CNC(=S)Nc2ccc(F)cc2)c2c[nH]c3ccccc23)cc1. The maximum atomic E-state index is 13.1. The molecule has 152 valence electrons. The average Bonchev–Trinajstić information content (AvgIpc) is 3.20. The number of rotatable bonds is 6. The molecular formula is C24H22FN3OS. The molecule has 0 saturated carbocycles. The summed E-state index contributed by atoms with van der Waals surface area (Å²) in [6, 6.07) is 22.4. The third-order valence-corrected chi connectivity index (χ3v) is 5.33. The Morgan fingerprint density at radius 3 is 2.50 bits per heavy atom. The van der Waals surface area contributed by atoms with Crippen molar-refractivity contribution in [1.82, 2.24) is 10.3 Å². The smallest absolute Gasteiger partial charge is 0.170 e. The van der Waals surface area contributed by atoms with Gasteiger partial charge in [0.25, 0.3) is 0 Å². The summed E-state index contributed by atoms with van der Waals surface area (Å²) in [5.74, 6) is 0.608. The molecule has 0 unspecified atom stereocenters. The Labute approximate surface area is 180 Å². The molecule has 4 nitrogen and oxygen atoms in total. The molecule has 0 aliphatic heterocycles. The van der Waals surface area contributed by atoms with Crippen LogP contribution in [0.3, 0.4) is 0 Å². The Hall–Kier alpha value is -3.38. The van der Waals surface area contributed by atoms with Crippen LogP contribution < -0.4 is 15.4 Å². The van der Waals surface area contributed by atoms with Gasteiger partial charge in [0.05, 0.1) is 7.11 Å². The van der Waals surface area contributed by atoms with Gasteiger partial charge in [-0.25, -0.2) is 4.39 Å².